The summed E-state index contributed by atoms with van der Waals surface area (Å²) in [6, 6.07) is 5.90. The Hall–Kier alpha value is -1.96. The molecule has 146 valence electrons. The fraction of sp³-hybridized carbons (Fsp3) is 0.500. The van der Waals surface area contributed by atoms with Crippen molar-refractivity contribution in [2.24, 2.45) is 0 Å². The summed E-state index contributed by atoms with van der Waals surface area (Å²) in [6.45, 7) is 10.7. The van der Waals surface area contributed by atoms with E-state index in [0.29, 0.717) is 5.13 Å². The molecule has 1 aliphatic rings. The summed E-state index contributed by atoms with van der Waals surface area (Å²) in [5.74, 6) is 0.524. The Bertz CT molecular complexity index is 783. The highest BCUT2D eigenvalue weighted by Gasteiger charge is 2.22. The summed E-state index contributed by atoms with van der Waals surface area (Å²) in [4.78, 5) is 19.0. The van der Waals surface area contributed by atoms with Gasteiger partial charge in [0.15, 0.2) is 11.7 Å². The second-order valence-corrected chi connectivity index (χ2v) is 8.06. The molecule has 3 rings (SSSR count). The molecule has 1 aliphatic heterocycles. The Morgan fingerprint density at radius 3 is 2.78 bits per heavy atom. The molecule has 1 N–H and O–H groups in total. The number of carbonyl (C=O) groups is 1. The smallest absolute Gasteiger partial charge is 0.264 e. The lowest BCUT2D eigenvalue weighted by molar-refractivity contribution is -0.118. The van der Waals surface area contributed by atoms with Crippen molar-refractivity contribution in [2.75, 3.05) is 25.0 Å². The van der Waals surface area contributed by atoms with Gasteiger partial charge in [-0.05, 0) is 39.3 Å². The van der Waals surface area contributed by atoms with Gasteiger partial charge in [0.05, 0.1) is 17.9 Å². The van der Waals surface area contributed by atoms with Crippen LogP contribution in [0.1, 0.15) is 30.7 Å². The average Bonchev–Trinajstić information content (AvgIpc) is 3.00. The van der Waals surface area contributed by atoms with E-state index in [1.165, 1.54) is 16.9 Å². The molecular weight excluding hydrogens is 362 g/mol. The van der Waals surface area contributed by atoms with Crippen LogP contribution < -0.4 is 10.1 Å². The summed E-state index contributed by atoms with van der Waals surface area (Å²) < 4.78 is 11.4. The summed E-state index contributed by atoms with van der Waals surface area (Å²) in [6.07, 6.45) is 0.461. The number of nitrogens with one attached hydrogen (secondary N) is 1. The zero-order chi connectivity index (χ0) is 19.4. The number of benzene rings is 1. The maximum atomic E-state index is 12.2. The lowest BCUT2D eigenvalue weighted by Gasteiger charge is -2.34. The molecule has 0 radical (unpaired) electrons. The third-order valence-corrected chi connectivity index (χ3v) is 5.17. The van der Waals surface area contributed by atoms with Crippen molar-refractivity contribution >= 4 is 22.4 Å². The van der Waals surface area contributed by atoms with E-state index in [1.807, 2.05) is 37.4 Å². The number of morpholine rings is 1. The van der Waals surface area contributed by atoms with Crippen LogP contribution in [0.5, 0.6) is 5.75 Å². The molecule has 0 aliphatic carbocycles. The van der Waals surface area contributed by atoms with Crippen molar-refractivity contribution in [3.63, 3.8) is 0 Å². The predicted molar refractivity (Wildman–Crippen MR) is 107 cm³/mol. The Morgan fingerprint density at radius 1 is 1.33 bits per heavy atom. The zero-order valence-corrected chi connectivity index (χ0v) is 17.1. The minimum absolute atomic E-state index is 0.0304. The minimum atomic E-state index is -0.204. The molecule has 6 nitrogen and oxygen atoms in total. The van der Waals surface area contributed by atoms with Crippen LogP contribution in [-0.2, 0) is 16.1 Å². The molecule has 0 bridgehead atoms. The largest absolute Gasteiger partial charge is 0.483 e. The maximum absolute atomic E-state index is 12.2. The molecule has 2 aromatic rings. The number of ether oxygens (including phenoxy) is 2. The number of anilines is 1. The fourth-order valence-electron chi connectivity index (χ4n) is 3.34. The molecule has 2 atom stereocenters. The van der Waals surface area contributed by atoms with Crippen LogP contribution in [0.2, 0.25) is 0 Å². The van der Waals surface area contributed by atoms with Crippen molar-refractivity contribution in [3.05, 3.63) is 40.4 Å². The number of aromatic nitrogens is 1. The van der Waals surface area contributed by atoms with Crippen molar-refractivity contribution in [1.29, 1.82) is 0 Å². The summed E-state index contributed by atoms with van der Waals surface area (Å²) in [7, 11) is 0. The number of rotatable bonds is 6. The molecule has 2 heterocycles. The van der Waals surface area contributed by atoms with E-state index < -0.39 is 0 Å². The van der Waals surface area contributed by atoms with Gasteiger partial charge in [-0.25, -0.2) is 4.98 Å². The summed E-state index contributed by atoms with van der Waals surface area (Å²) in [5, 5.41) is 5.42. The molecule has 0 saturated carbocycles. The SMILES string of the molecule is Cc1ccc(OCC(=O)Nc2nc(CN3CC(C)OC(C)C3)cs2)c(C)c1. The Morgan fingerprint density at radius 2 is 2.07 bits per heavy atom. The second kappa shape index (κ2) is 8.82. The van der Waals surface area contributed by atoms with Gasteiger partial charge in [0.1, 0.15) is 5.75 Å². The topological polar surface area (TPSA) is 63.7 Å². The van der Waals surface area contributed by atoms with Crippen molar-refractivity contribution < 1.29 is 14.3 Å². The van der Waals surface area contributed by atoms with Crippen LogP contribution >= 0.6 is 11.3 Å². The highest BCUT2D eigenvalue weighted by molar-refractivity contribution is 7.13. The molecule has 7 heteroatoms. The summed E-state index contributed by atoms with van der Waals surface area (Å²) in [5.41, 5.74) is 3.16. The van der Waals surface area contributed by atoms with Crippen LogP contribution in [0.25, 0.3) is 0 Å². The standard InChI is InChI=1S/C20H27N3O3S/c1-13-5-6-18(14(2)7-13)25-11-19(24)22-20-21-17(12-27-20)10-23-8-15(3)26-16(4)9-23/h5-7,12,15-16H,8-11H2,1-4H3,(H,21,22,24). The Balaban J connectivity index is 1.49. The molecule has 1 saturated heterocycles. The van der Waals surface area contributed by atoms with Gasteiger partial charge in [0.2, 0.25) is 0 Å². The Kier molecular flexibility index (Phi) is 6.46. The van der Waals surface area contributed by atoms with Crippen LogP contribution in [-0.4, -0.2) is 47.7 Å². The average molecular weight is 390 g/mol. The second-order valence-electron chi connectivity index (χ2n) is 7.20. The van der Waals surface area contributed by atoms with E-state index in [2.05, 4.69) is 29.0 Å². The minimum Gasteiger partial charge on any atom is -0.483 e. The lowest BCUT2D eigenvalue weighted by Crippen LogP contribution is -2.44. The van der Waals surface area contributed by atoms with Crippen molar-refractivity contribution in [2.45, 2.75) is 46.4 Å². The van der Waals surface area contributed by atoms with Gasteiger partial charge >= 0.3 is 0 Å². The zero-order valence-electron chi connectivity index (χ0n) is 16.3. The van der Waals surface area contributed by atoms with E-state index in [0.717, 1.165) is 36.6 Å². The fourth-order valence-corrected chi connectivity index (χ4v) is 4.06. The molecule has 1 fully saturated rings. The third kappa shape index (κ3) is 5.76. The molecule has 1 amide bonds. The van der Waals surface area contributed by atoms with Gasteiger partial charge in [0, 0.05) is 25.0 Å². The molecule has 0 spiro atoms. The molecule has 1 aromatic heterocycles. The first kappa shape index (κ1) is 19.8. The van der Waals surface area contributed by atoms with Crippen LogP contribution in [0.15, 0.2) is 23.6 Å². The number of thiazole rings is 1. The number of aryl methyl sites for hydroxylation is 2. The van der Waals surface area contributed by atoms with Gasteiger partial charge in [-0.15, -0.1) is 11.3 Å². The molecule has 2 unspecified atom stereocenters. The van der Waals surface area contributed by atoms with Crippen LogP contribution in [0.3, 0.4) is 0 Å². The van der Waals surface area contributed by atoms with E-state index >= 15 is 0 Å². The van der Waals surface area contributed by atoms with Crippen molar-refractivity contribution in [1.82, 2.24) is 9.88 Å². The van der Waals surface area contributed by atoms with Gasteiger partial charge in [-0.1, -0.05) is 17.7 Å². The lowest BCUT2D eigenvalue weighted by atomic mass is 10.1. The molecular formula is C20H27N3O3S. The first-order valence-corrected chi connectivity index (χ1v) is 10.1. The van der Waals surface area contributed by atoms with Crippen LogP contribution in [0, 0.1) is 13.8 Å². The molecule has 27 heavy (non-hydrogen) atoms. The monoisotopic (exact) mass is 389 g/mol. The number of nitrogens with zero attached hydrogens (tertiary/aromatic N) is 2. The molecule has 1 aromatic carbocycles. The normalized spacial score (nSPS) is 20.4. The summed E-state index contributed by atoms with van der Waals surface area (Å²) >= 11 is 1.44. The number of hydrogen-bond donors (Lipinski definition) is 1. The number of carbonyl (C=O) groups excluding carboxylic acids is 1. The van der Waals surface area contributed by atoms with Gasteiger partial charge in [-0.2, -0.15) is 0 Å². The number of hydrogen-bond acceptors (Lipinski definition) is 6. The van der Waals surface area contributed by atoms with E-state index in [1.54, 1.807) is 0 Å². The van der Waals surface area contributed by atoms with Gasteiger partial charge in [0.25, 0.3) is 5.91 Å². The highest BCUT2D eigenvalue weighted by atomic mass is 32.1. The van der Waals surface area contributed by atoms with Gasteiger partial charge < -0.3 is 9.47 Å². The van der Waals surface area contributed by atoms with E-state index in [9.17, 15) is 4.79 Å². The third-order valence-electron chi connectivity index (χ3n) is 4.37. The highest BCUT2D eigenvalue weighted by Crippen LogP contribution is 2.20. The maximum Gasteiger partial charge on any atom is 0.264 e. The van der Waals surface area contributed by atoms with Crippen molar-refractivity contribution in [3.8, 4) is 5.75 Å². The van der Waals surface area contributed by atoms with E-state index in [-0.39, 0.29) is 24.7 Å². The van der Waals surface area contributed by atoms with Crippen LogP contribution in [0.4, 0.5) is 5.13 Å². The predicted octanol–water partition coefficient (Wildman–Crippen LogP) is 3.39. The first-order chi connectivity index (χ1) is 12.9. The quantitative estimate of drug-likeness (QED) is 0.820. The number of amides is 1. The van der Waals surface area contributed by atoms with Gasteiger partial charge in [-0.3, -0.25) is 15.0 Å². The van der Waals surface area contributed by atoms with E-state index in [4.69, 9.17) is 9.47 Å². The Labute approximate surface area is 164 Å². The first-order valence-electron chi connectivity index (χ1n) is 9.21.